The molecule has 2 aliphatic heterocycles. The summed E-state index contributed by atoms with van der Waals surface area (Å²) < 4.78 is 26.4. The van der Waals surface area contributed by atoms with Crippen LogP contribution in [0.4, 0.5) is 16.3 Å². The maximum Gasteiger partial charge on any atom is 0.328 e. The Morgan fingerprint density at radius 1 is 1.10 bits per heavy atom. The van der Waals surface area contributed by atoms with Gasteiger partial charge in [0.15, 0.2) is 5.82 Å². The van der Waals surface area contributed by atoms with Gasteiger partial charge in [0.25, 0.3) is 10.0 Å². The average Bonchev–Trinajstić information content (AvgIpc) is 2.79. The van der Waals surface area contributed by atoms with Crippen molar-refractivity contribution in [2.24, 2.45) is 0 Å². The fraction of sp³-hybridized carbons (Fsp3) is 0.429. The second kappa shape index (κ2) is 9.52. The molecule has 3 N–H and O–H groups in total. The smallest absolute Gasteiger partial charge is 0.328 e. The van der Waals surface area contributed by atoms with Crippen LogP contribution in [-0.4, -0.2) is 70.1 Å². The number of amides is 2. The predicted octanol–water partition coefficient (Wildman–Crippen LogP) is 1.25. The van der Waals surface area contributed by atoms with Gasteiger partial charge in [-0.25, -0.2) is 22.9 Å². The van der Waals surface area contributed by atoms with E-state index < -0.39 is 16.1 Å². The normalized spacial score (nSPS) is 16.8. The fourth-order valence-corrected chi connectivity index (χ4v) is 4.90. The van der Waals surface area contributed by atoms with E-state index in [0.29, 0.717) is 13.1 Å². The van der Waals surface area contributed by atoms with Crippen LogP contribution in [0.1, 0.15) is 12.0 Å². The summed E-state index contributed by atoms with van der Waals surface area (Å²) in [5.41, 5.74) is 2.50. The van der Waals surface area contributed by atoms with Crippen LogP contribution in [0.3, 0.4) is 0 Å². The highest BCUT2D eigenvalue weighted by atomic mass is 32.2. The van der Waals surface area contributed by atoms with Gasteiger partial charge in [0.05, 0.1) is 10.6 Å². The number of piperazine rings is 1. The quantitative estimate of drug-likeness (QED) is 0.616. The highest BCUT2D eigenvalue weighted by Gasteiger charge is 2.23. The maximum absolute atomic E-state index is 12.2. The molecule has 1 saturated heterocycles. The van der Waals surface area contributed by atoms with Crippen LogP contribution >= 0.6 is 0 Å². The number of carbonyl (C=O) groups is 1. The topological polar surface area (TPSA) is 107 Å². The second-order valence-corrected chi connectivity index (χ2v) is 9.38. The Balaban J connectivity index is 1.22. The van der Waals surface area contributed by atoms with Gasteiger partial charge in [0.2, 0.25) is 0 Å². The van der Waals surface area contributed by atoms with Gasteiger partial charge in [-0.1, -0.05) is 18.2 Å². The number of aromatic nitrogens is 1. The Morgan fingerprint density at radius 2 is 1.87 bits per heavy atom. The zero-order valence-electron chi connectivity index (χ0n) is 17.4. The molecule has 0 saturated carbocycles. The van der Waals surface area contributed by atoms with E-state index in [1.165, 1.54) is 23.4 Å². The van der Waals surface area contributed by atoms with Crippen LogP contribution < -0.4 is 20.3 Å². The lowest BCUT2D eigenvalue weighted by Crippen LogP contribution is -2.49. The number of anilines is 2. The third kappa shape index (κ3) is 5.26. The molecule has 0 spiro atoms. The summed E-state index contributed by atoms with van der Waals surface area (Å²) in [7, 11) is -3.86. The summed E-state index contributed by atoms with van der Waals surface area (Å²) in [6.07, 6.45) is 4.13. The van der Waals surface area contributed by atoms with Crippen LogP contribution in [0.2, 0.25) is 0 Å². The maximum atomic E-state index is 12.2. The first-order valence-electron chi connectivity index (χ1n) is 10.6. The van der Waals surface area contributed by atoms with Crippen LogP contribution in [-0.2, 0) is 16.4 Å². The molecule has 2 aliphatic rings. The zero-order valence-corrected chi connectivity index (χ0v) is 18.2. The SMILES string of the molecule is O=C(NCCN1CCN(c2nccc3c2NCCC3)CC1)NS(=O)(=O)c1ccccc1. The first-order valence-corrected chi connectivity index (χ1v) is 12.1. The predicted molar refractivity (Wildman–Crippen MR) is 120 cm³/mol. The van der Waals surface area contributed by atoms with Crippen molar-refractivity contribution in [2.45, 2.75) is 17.7 Å². The lowest BCUT2D eigenvalue weighted by molar-refractivity contribution is 0.236. The zero-order chi connectivity index (χ0) is 21.7. The van der Waals surface area contributed by atoms with Gasteiger partial charge in [-0.05, 0) is 36.6 Å². The number of nitrogens with zero attached hydrogens (tertiary/aromatic N) is 3. The van der Waals surface area contributed by atoms with Crippen LogP contribution in [0.5, 0.6) is 0 Å². The standard InChI is InChI=1S/C21H28N6O3S/c28-21(25-31(29,30)18-6-2-1-3-7-18)24-11-12-26-13-15-27(16-14-26)20-19-17(8-10-23-20)5-4-9-22-19/h1-3,6-8,10,22H,4-5,9,11-16H2,(H2,24,25,28). The van der Waals surface area contributed by atoms with Gasteiger partial charge in [0.1, 0.15) is 0 Å². The van der Waals surface area contributed by atoms with Crippen molar-refractivity contribution in [3.63, 3.8) is 0 Å². The number of carbonyl (C=O) groups excluding carboxylic acids is 1. The molecule has 0 aliphatic carbocycles. The molecule has 1 aromatic carbocycles. The Labute approximate surface area is 182 Å². The summed E-state index contributed by atoms with van der Waals surface area (Å²) in [5, 5.41) is 6.13. The van der Waals surface area contributed by atoms with E-state index in [9.17, 15) is 13.2 Å². The molecule has 2 aromatic rings. The third-order valence-electron chi connectivity index (χ3n) is 5.61. The number of benzene rings is 1. The molecule has 166 valence electrons. The molecule has 0 unspecified atom stereocenters. The number of pyridine rings is 1. The van der Waals surface area contributed by atoms with E-state index in [0.717, 1.165) is 51.4 Å². The lowest BCUT2D eigenvalue weighted by Gasteiger charge is -2.37. The van der Waals surface area contributed by atoms with Gasteiger partial charge in [-0.3, -0.25) is 4.90 Å². The Morgan fingerprint density at radius 3 is 2.65 bits per heavy atom. The van der Waals surface area contributed by atoms with E-state index in [4.69, 9.17) is 0 Å². The summed E-state index contributed by atoms with van der Waals surface area (Å²) in [4.78, 5) is 21.2. The molecule has 9 nitrogen and oxygen atoms in total. The summed E-state index contributed by atoms with van der Waals surface area (Å²) in [6, 6.07) is 9.22. The number of hydrogen-bond donors (Lipinski definition) is 3. The van der Waals surface area contributed by atoms with Gasteiger partial charge < -0.3 is 15.5 Å². The van der Waals surface area contributed by atoms with Gasteiger partial charge in [0, 0.05) is 52.0 Å². The van der Waals surface area contributed by atoms with Crippen molar-refractivity contribution in [3.8, 4) is 0 Å². The second-order valence-electron chi connectivity index (χ2n) is 7.70. The van der Waals surface area contributed by atoms with Crippen molar-refractivity contribution in [3.05, 3.63) is 48.2 Å². The largest absolute Gasteiger partial charge is 0.382 e. The molecule has 2 amide bonds. The summed E-state index contributed by atoms with van der Waals surface area (Å²) >= 11 is 0. The summed E-state index contributed by atoms with van der Waals surface area (Å²) in [6.45, 7) is 5.45. The number of rotatable bonds is 6. The highest BCUT2D eigenvalue weighted by molar-refractivity contribution is 7.90. The number of nitrogens with one attached hydrogen (secondary N) is 3. The van der Waals surface area contributed by atoms with Crippen molar-refractivity contribution < 1.29 is 13.2 Å². The molecular weight excluding hydrogens is 416 g/mol. The molecular formula is C21H28N6O3S. The monoisotopic (exact) mass is 444 g/mol. The van der Waals surface area contributed by atoms with Crippen molar-refractivity contribution in [1.29, 1.82) is 0 Å². The average molecular weight is 445 g/mol. The van der Waals surface area contributed by atoms with Gasteiger partial charge in [-0.15, -0.1) is 0 Å². The van der Waals surface area contributed by atoms with E-state index in [2.05, 4.69) is 31.5 Å². The van der Waals surface area contributed by atoms with E-state index in [1.807, 2.05) is 10.9 Å². The number of fused-ring (bicyclic) bond motifs is 1. The molecule has 0 bridgehead atoms. The molecule has 4 rings (SSSR count). The minimum absolute atomic E-state index is 0.0625. The van der Waals surface area contributed by atoms with Crippen molar-refractivity contribution in [2.75, 3.05) is 56.0 Å². The van der Waals surface area contributed by atoms with Gasteiger partial charge >= 0.3 is 6.03 Å². The number of hydrogen-bond acceptors (Lipinski definition) is 7. The molecule has 0 radical (unpaired) electrons. The highest BCUT2D eigenvalue weighted by Crippen LogP contribution is 2.31. The lowest BCUT2D eigenvalue weighted by atomic mass is 10.0. The Kier molecular flexibility index (Phi) is 6.57. The molecule has 0 atom stereocenters. The third-order valence-corrected chi connectivity index (χ3v) is 6.95. The number of urea groups is 1. The van der Waals surface area contributed by atoms with Crippen molar-refractivity contribution in [1.82, 2.24) is 19.9 Å². The Bertz CT molecular complexity index is 1010. The van der Waals surface area contributed by atoms with Crippen LogP contribution in [0.25, 0.3) is 0 Å². The summed E-state index contributed by atoms with van der Waals surface area (Å²) in [5.74, 6) is 1.03. The molecule has 1 aromatic heterocycles. The van der Waals surface area contributed by atoms with E-state index >= 15 is 0 Å². The molecule has 31 heavy (non-hydrogen) atoms. The fourth-order valence-electron chi connectivity index (χ4n) is 3.95. The number of aryl methyl sites for hydroxylation is 1. The van der Waals surface area contributed by atoms with Crippen LogP contribution in [0.15, 0.2) is 47.5 Å². The Hall–Kier alpha value is -2.85. The molecule has 10 heteroatoms. The molecule has 3 heterocycles. The van der Waals surface area contributed by atoms with Gasteiger partial charge in [-0.2, -0.15) is 0 Å². The van der Waals surface area contributed by atoms with Crippen LogP contribution in [0, 0.1) is 0 Å². The minimum Gasteiger partial charge on any atom is -0.382 e. The number of sulfonamides is 1. The van der Waals surface area contributed by atoms with Crippen molar-refractivity contribution >= 4 is 27.6 Å². The van der Waals surface area contributed by atoms with E-state index in [1.54, 1.807) is 18.2 Å². The first-order chi connectivity index (χ1) is 15.0. The minimum atomic E-state index is -3.86. The molecule has 1 fully saturated rings. The van der Waals surface area contributed by atoms with E-state index in [-0.39, 0.29) is 4.90 Å². The first kappa shape index (κ1) is 21.4.